The Labute approximate surface area is 166 Å². The molecule has 0 bridgehead atoms. The summed E-state index contributed by atoms with van der Waals surface area (Å²) in [6.07, 6.45) is 1.99. The van der Waals surface area contributed by atoms with Crippen molar-refractivity contribution in [2.75, 3.05) is 27.2 Å². The summed E-state index contributed by atoms with van der Waals surface area (Å²) in [5, 5.41) is 8.04. The predicted molar refractivity (Wildman–Crippen MR) is 114 cm³/mol. The Kier molecular flexibility index (Phi) is 6.65. The first-order chi connectivity index (χ1) is 13.5. The molecule has 0 radical (unpaired) electrons. The molecular weight excluding hydrogens is 350 g/mol. The molecule has 3 aromatic rings. The van der Waals surface area contributed by atoms with E-state index in [1.165, 1.54) is 4.52 Å². The van der Waals surface area contributed by atoms with Gasteiger partial charge in [-0.25, -0.2) is 4.79 Å². The number of fused-ring (bicyclic) bond motifs is 1. The molecule has 1 atom stereocenters. The van der Waals surface area contributed by atoms with E-state index < -0.39 is 0 Å². The lowest BCUT2D eigenvalue weighted by atomic mass is 10.1. The van der Waals surface area contributed by atoms with Crippen LogP contribution < -0.4 is 11.0 Å². The molecule has 0 aliphatic rings. The van der Waals surface area contributed by atoms with E-state index in [9.17, 15) is 4.79 Å². The van der Waals surface area contributed by atoms with Gasteiger partial charge in [0.2, 0.25) is 0 Å². The van der Waals surface area contributed by atoms with Crippen LogP contribution in [-0.4, -0.2) is 46.3 Å². The largest absolute Gasteiger partial charge is 0.349 e. The molecule has 0 spiro atoms. The van der Waals surface area contributed by atoms with Gasteiger partial charge in [-0.15, -0.1) is 0 Å². The van der Waals surface area contributed by atoms with Crippen molar-refractivity contribution in [2.45, 2.75) is 39.3 Å². The molecule has 6 nitrogen and oxygen atoms in total. The highest BCUT2D eigenvalue weighted by molar-refractivity contribution is 5.48. The van der Waals surface area contributed by atoms with E-state index in [1.54, 1.807) is 0 Å². The molecule has 0 amide bonds. The Hall–Kier alpha value is -2.44. The maximum Gasteiger partial charge on any atom is 0.349 e. The standard InChI is InChI=1S/C22H31N5O/c1-5-20(23-12-9-13-25(3)4)21-15-19-14-17(2)24-27(19)22(28)26(21)16-18-10-7-6-8-11-18/h6-8,10-11,14-15,20,23H,5,9,12-13,16H2,1-4H3/t20-/m1/s1. The van der Waals surface area contributed by atoms with Gasteiger partial charge in [-0.1, -0.05) is 37.3 Å². The summed E-state index contributed by atoms with van der Waals surface area (Å²) in [6, 6.07) is 14.3. The highest BCUT2D eigenvalue weighted by Gasteiger charge is 2.18. The minimum Gasteiger partial charge on any atom is -0.309 e. The lowest BCUT2D eigenvalue weighted by molar-refractivity contribution is 0.381. The lowest BCUT2D eigenvalue weighted by Crippen LogP contribution is -2.35. The van der Waals surface area contributed by atoms with Crippen molar-refractivity contribution < 1.29 is 0 Å². The van der Waals surface area contributed by atoms with Crippen molar-refractivity contribution in [2.24, 2.45) is 0 Å². The summed E-state index contributed by atoms with van der Waals surface area (Å²) in [4.78, 5) is 15.4. The van der Waals surface area contributed by atoms with Gasteiger partial charge in [0, 0.05) is 11.7 Å². The number of aromatic nitrogens is 3. The fourth-order valence-corrected chi connectivity index (χ4v) is 3.57. The van der Waals surface area contributed by atoms with Crippen molar-refractivity contribution >= 4 is 5.52 Å². The zero-order valence-electron chi connectivity index (χ0n) is 17.4. The maximum absolute atomic E-state index is 13.2. The highest BCUT2D eigenvalue weighted by atomic mass is 16.1. The van der Waals surface area contributed by atoms with Crippen molar-refractivity contribution in [1.82, 2.24) is 24.4 Å². The molecule has 0 aliphatic carbocycles. The predicted octanol–water partition coefficient (Wildman–Crippen LogP) is 2.85. The number of hydrogen-bond acceptors (Lipinski definition) is 4. The Morgan fingerprint density at radius 1 is 1.18 bits per heavy atom. The van der Waals surface area contributed by atoms with Crippen LogP contribution in [0.1, 0.15) is 42.8 Å². The van der Waals surface area contributed by atoms with Crippen LogP contribution in [0, 0.1) is 6.92 Å². The van der Waals surface area contributed by atoms with E-state index in [0.717, 1.165) is 48.4 Å². The Morgan fingerprint density at radius 2 is 1.93 bits per heavy atom. The van der Waals surface area contributed by atoms with Crippen LogP contribution in [0.5, 0.6) is 0 Å². The number of aryl methyl sites for hydroxylation is 1. The van der Waals surface area contributed by atoms with Gasteiger partial charge in [-0.2, -0.15) is 9.61 Å². The smallest absolute Gasteiger partial charge is 0.309 e. The first kappa shape index (κ1) is 20.3. The molecule has 1 aromatic carbocycles. The number of rotatable bonds is 9. The summed E-state index contributed by atoms with van der Waals surface area (Å²) >= 11 is 0. The summed E-state index contributed by atoms with van der Waals surface area (Å²) in [5.74, 6) is 0. The summed E-state index contributed by atoms with van der Waals surface area (Å²) in [6.45, 7) is 6.58. The monoisotopic (exact) mass is 381 g/mol. The molecular formula is C22H31N5O. The minimum absolute atomic E-state index is 0.0852. The zero-order chi connectivity index (χ0) is 20.1. The summed E-state index contributed by atoms with van der Waals surface area (Å²) < 4.78 is 3.38. The molecule has 150 valence electrons. The van der Waals surface area contributed by atoms with Gasteiger partial charge in [-0.3, -0.25) is 4.57 Å². The molecule has 1 N–H and O–H groups in total. The van der Waals surface area contributed by atoms with Crippen LogP contribution in [0.25, 0.3) is 5.52 Å². The maximum atomic E-state index is 13.2. The molecule has 6 heteroatoms. The number of benzene rings is 1. The van der Waals surface area contributed by atoms with Crippen LogP contribution in [0.2, 0.25) is 0 Å². The Balaban J connectivity index is 1.97. The van der Waals surface area contributed by atoms with Gasteiger partial charge in [0.15, 0.2) is 0 Å². The fraction of sp³-hybridized carbons (Fsp3) is 0.455. The van der Waals surface area contributed by atoms with Gasteiger partial charge < -0.3 is 10.2 Å². The third-order valence-electron chi connectivity index (χ3n) is 5.00. The summed E-state index contributed by atoms with van der Waals surface area (Å²) in [5.41, 5.74) is 3.76. The number of nitrogens with one attached hydrogen (secondary N) is 1. The van der Waals surface area contributed by atoms with Gasteiger partial charge in [0.05, 0.1) is 17.8 Å². The van der Waals surface area contributed by atoms with Crippen LogP contribution in [0.4, 0.5) is 0 Å². The second kappa shape index (κ2) is 9.17. The van der Waals surface area contributed by atoms with Crippen LogP contribution in [0.3, 0.4) is 0 Å². The molecule has 2 heterocycles. The van der Waals surface area contributed by atoms with E-state index in [1.807, 2.05) is 35.8 Å². The third kappa shape index (κ3) is 4.69. The first-order valence-electron chi connectivity index (χ1n) is 10.0. The van der Waals surface area contributed by atoms with Gasteiger partial charge in [-0.05, 0) is 64.6 Å². The molecule has 3 rings (SSSR count). The topological polar surface area (TPSA) is 54.6 Å². The highest BCUT2D eigenvalue weighted by Crippen LogP contribution is 2.19. The van der Waals surface area contributed by atoms with E-state index in [-0.39, 0.29) is 11.7 Å². The number of hydrogen-bond donors (Lipinski definition) is 1. The SMILES string of the molecule is CC[C@@H](NCCCN(C)C)c1cc2cc(C)nn2c(=O)n1Cc1ccccc1. The van der Waals surface area contributed by atoms with Crippen molar-refractivity contribution in [1.29, 1.82) is 0 Å². The molecule has 0 unspecified atom stereocenters. The van der Waals surface area contributed by atoms with Gasteiger partial charge in [0.1, 0.15) is 0 Å². The van der Waals surface area contributed by atoms with E-state index >= 15 is 0 Å². The molecule has 28 heavy (non-hydrogen) atoms. The second-order valence-electron chi connectivity index (χ2n) is 7.62. The Morgan fingerprint density at radius 3 is 2.61 bits per heavy atom. The van der Waals surface area contributed by atoms with Gasteiger partial charge in [0.25, 0.3) is 0 Å². The normalized spacial score (nSPS) is 12.8. The van der Waals surface area contributed by atoms with Crippen LogP contribution in [0.15, 0.2) is 47.3 Å². The first-order valence-corrected chi connectivity index (χ1v) is 10.0. The fourth-order valence-electron chi connectivity index (χ4n) is 3.57. The van der Waals surface area contributed by atoms with Crippen molar-refractivity contribution in [3.8, 4) is 0 Å². The average Bonchev–Trinajstić information content (AvgIpc) is 3.05. The van der Waals surface area contributed by atoms with Crippen LogP contribution >= 0.6 is 0 Å². The lowest BCUT2D eigenvalue weighted by Gasteiger charge is -2.23. The van der Waals surface area contributed by atoms with Crippen molar-refractivity contribution in [3.05, 3.63) is 69.9 Å². The van der Waals surface area contributed by atoms with Gasteiger partial charge >= 0.3 is 5.69 Å². The third-order valence-corrected chi connectivity index (χ3v) is 5.00. The molecule has 0 saturated carbocycles. The molecule has 2 aromatic heterocycles. The Bertz CT molecular complexity index is 958. The minimum atomic E-state index is -0.0852. The van der Waals surface area contributed by atoms with Crippen LogP contribution in [-0.2, 0) is 6.54 Å². The summed E-state index contributed by atoms with van der Waals surface area (Å²) in [7, 11) is 4.18. The average molecular weight is 382 g/mol. The molecule has 0 saturated heterocycles. The van der Waals surface area contributed by atoms with E-state index in [0.29, 0.717) is 6.54 Å². The second-order valence-corrected chi connectivity index (χ2v) is 7.62. The van der Waals surface area contributed by atoms with E-state index in [4.69, 9.17) is 0 Å². The zero-order valence-corrected chi connectivity index (χ0v) is 17.4. The van der Waals surface area contributed by atoms with Crippen molar-refractivity contribution in [3.63, 3.8) is 0 Å². The number of nitrogens with zero attached hydrogens (tertiary/aromatic N) is 4. The molecule has 0 fully saturated rings. The quantitative estimate of drug-likeness (QED) is 0.579. The van der Waals surface area contributed by atoms with E-state index in [2.05, 4.69) is 54.5 Å². The molecule has 0 aliphatic heterocycles.